The Balaban J connectivity index is 2.37. The lowest BCUT2D eigenvalue weighted by molar-refractivity contribution is 0.104. The van der Waals surface area contributed by atoms with Crippen LogP contribution in [0, 0.1) is 0 Å². The summed E-state index contributed by atoms with van der Waals surface area (Å²) in [6, 6.07) is 7.20. The van der Waals surface area contributed by atoms with Crippen LogP contribution in [0.3, 0.4) is 0 Å². The third-order valence-electron chi connectivity index (χ3n) is 2.87. The van der Waals surface area contributed by atoms with Crippen molar-refractivity contribution in [1.82, 2.24) is 0 Å². The molecule has 0 unspecified atom stereocenters. The largest absolute Gasteiger partial charge is 0.497 e. The summed E-state index contributed by atoms with van der Waals surface area (Å²) in [7, 11) is 1.62. The van der Waals surface area contributed by atoms with Gasteiger partial charge in [-0.15, -0.1) is 0 Å². The molecule has 1 aromatic carbocycles. The van der Waals surface area contributed by atoms with Gasteiger partial charge in [0.1, 0.15) is 5.75 Å². The molecule has 0 aliphatic heterocycles. The highest BCUT2D eigenvalue weighted by Gasteiger charge is 2.01. The molecule has 18 heavy (non-hydrogen) atoms. The van der Waals surface area contributed by atoms with Gasteiger partial charge in [-0.25, -0.2) is 0 Å². The highest BCUT2D eigenvalue weighted by Crippen LogP contribution is 2.12. The van der Waals surface area contributed by atoms with Crippen LogP contribution in [0.15, 0.2) is 36.4 Å². The predicted molar refractivity (Wildman–Crippen MR) is 75.2 cm³/mol. The van der Waals surface area contributed by atoms with Gasteiger partial charge in [0.05, 0.1) is 7.11 Å². The van der Waals surface area contributed by atoms with E-state index in [0.717, 1.165) is 12.2 Å². The molecule has 0 aliphatic carbocycles. The first-order valence-corrected chi connectivity index (χ1v) is 6.63. The van der Waals surface area contributed by atoms with Gasteiger partial charge in [-0.3, -0.25) is 4.79 Å². The van der Waals surface area contributed by atoms with E-state index < -0.39 is 0 Å². The molecule has 0 spiro atoms. The number of ether oxygens (including phenoxy) is 1. The fourth-order valence-electron chi connectivity index (χ4n) is 1.73. The number of hydrogen-bond donors (Lipinski definition) is 0. The van der Waals surface area contributed by atoms with E-state index in [4.69, 9.17) is 4.74 Å². The van der Waals surface area contributed by atoms with Crippen LogP contribution in [0.2, 0.25) is 0 Å². The highest BCUT2D eigenvalue weighted by atomic mass is 16.5. The molecule has 1 aromatic rings. The first kappa shape index (κ1) is 14.5. The van der Waals surface area contributed by atoms with Crippen molar-refractivity contribution in [3.63, 3.8) is 0 Å². The molecule has 0 saturated heterocycles. The minimum atomic E-state index is 0.0631. The molecular weight excluding hydrogens is 224 g/mol. The molecule has 1 rings (SSSR count). The first-order chi connectivity index (χ1) is 8.77. The second kappa shape index (κ2) is 8.51. The Morgan fingerprint density at radius 3 is 2.50 bits per heavy atom. The Hall–Kier alpha value is -1.57. The van der Waals surface area contributed by atoms with Crippen LogP contribution >= 0.6 is 0 Å². The van der Waals surface area contributed by atoms with Gasteiger partial charge < -0.3 is 4.74 Å². The second-order valence-electron chi connectivity index (χ2n) is 4.34. The maximum absolute atomic E-state index is 11.8. The van der Waals surface area contributed by atoms with Crippen LogP contribution in [0.5, 0.6) is 5.75 Å². The Kier molecular flexibility index (Phi) is 6.85. The van der Waals surface area contributed by atoms with Crippen LogP contribution < -0.4 is 4.74 Å². The molecule has 0 atom stereocenters. The van der Waals surface area contributed by atoms with Crippen LogP contribution in [0.4, 0.5) is 0 Å². The summed E-state index contributed by atoms with van der Waals surface area (Å²) in [4.78, 5) is 11.8. The second-order valence-corrected chi connectivity index (χ2v) is 4.34. The molecule has 0 bridgehead atoms. The molecule has 98 valence electrons. The SMILES string of the molecule is CCCCCC/C=C/C(=O)c1ccc(OC)cc1. The van der Waals surface area contributed by atoms with Crippen molar-refractivity contribution in [3.8, 4) is 5.75 Å². The van der Waals surface area contributed by atoms with E-state index in [1.54, 1.807) is 25.3 Å². The molecule has 0 saturated carbocycles. The fourth-order valence-corrected chi connectivity index (χ4v) is 1.73. The van der Waals surface area contributed by atoms with Crippen molar-refractivity contribution in [1.29, 1.82) is 0 Å². The number of benzene rings is 1. The first-order valence-electron chi connectivity index (χ1n) is 6.63. The highest BCUT2D eigenvalue weighted by molar-refractivity contribution is 6.04. The van der Waals surface area contributed by atoms with E-state index in [1.165, 1.54) is 25.7 Å². The number of methoxy groups -OCH3 is 1. The lowest BCUT2D eigenvalue weighted by Crippen LogP contribution is -1.94. The molecule has 2 nitrogen and oxygen atoms in total. The average molecular weight is 246 g/mol. The molecule has 0 heterocycles. The van der Waals surface area contributed by atoms with E-state index in [9.17, 15) is 4.79 Å². The smallest absolute Gasteiger partial charge is 0.185 e. The summed E-state index contributed by atoms with van der Waals surface area (Å²) < 4.78 is 5.06. The zero-order valence-electron chi connectivity index (χ0n) is 11.3. The number of hydrogen-bond acceptors (Lipinski definition) is 2. The minimum Gasteiger partial charge on any atom is -0.497 e. The van der Waals surface area contributed by atoms with E-state index in [0.29, 0.717) is 5.56 Å². The zero-order chi connectivity index (χ0) is 13.2. The van der Waals surface area contributed by atoms with Gasteiger partial charge in [-0.1, -0.05) is 32.3 Å². The summed E-state index contributed by atoms with van der Waals surface area (Å²) >= 11 is 0. The van der Waals surface area contributed by atoms with Crippen LogP contribution in [0.1, 0.15) is 49.4 Å². The number of rotatable bonds is 8. The fraction of sp³-hybridized carbons (Fsp3) is 0.438. The summed E-state index contributed by atoms with van der Waals surface area (Å²) in [5.41, 5.74) is 0.709. The molecule has 0 aromatic heterocycles. The van der Waals surface area contributed by atoms with Crippen molar-refractivity contribution >= 4 is 5.78 Å². The van der Waals surface area contributed by atoms with E-state index in [1.807, 2.05) is 18.2 Å². The van der Waals surface area contributed by atoms with Gasteiger partial charge >= 0.3 is 0 Å². The minimum absolute atomic E-state index is 0.0631. The molecule has 0 radical (unpaired) electrons. The van der Waals surface area contributed by atoms with Gasteiger partial charge in [0, 0.05) is 5.56 Å². The summed E-state index contributed by atoms with van der Waals surface area (Å²) in [6.07, 6.45) is 9.57. The number of unbranched alkanes of at least 4 members (excludes halogenated alkanes) is 4. The Morgan fingerprint density at radius 1 is 1.17 bits per heavy atom. The number of ketones is 1. The number of carbonyl (C=O) groups excluding carboxylic acids is 1. The molecular formula is C16H22O2. The Labute approximate surface area is 110 Å². The Morgan fingerprint density at radius 2 is 1.89 bits per heavy atom. The molecule has 2 heteroatoms. The molecule has 0 N–H and O–H groups in total. The predicted octanol–water partition coefficient (Wildman–Crippen LogP) is 4.40. The van der Waals surface area contributed by atoms with E-state index in [-0.39, 0.29) is 5.78 Å². The zero-order valence-corrected chi connectivity index (χ0v) is 11.3. The van der Waals surface area contributed by atoms with Crippen molar-refractivity contribution in [2.24, 2.45) is 0 Å². The standard InChI is InChI=1S/C16H22O2/c1-3-4-5-6-7-8-9-16(17)14-10-12-15(18-2)13-11-14/h8-13H,3-7H2,1-2H3/b9-8+. The van der Waals surface area contributed by atoms with Crippen LogP contribution in [-0.2, 0) is 0 Å². The normalized spacial score (nSPS) is 10.8. The van der Waals surface area contributed by atoms with Gasteiger partial charge in [-0.05, 0) is 43.2 Å². The van der Waals surface area contributed by atoms with E-state index >= 15 is 0 Å². The monoisotopic (exact) mass is 246 g/mol. The van der Waals surface area contributed by atoms with Crippen LogP contribution in [-0.4, -0.2) is 12.9 Å². The molecule has 0 fully saturated rings. The molecule has 0 amide bonds. The average Bonchev–Trinajstić information content (AvgIpc) is 2.42. The van der Waals surface area contributed by atoms with Crippen molar-refractivity contribution in [3.05, 3.63) is 42.0 Å². The summed E-state index contributed by atoms with van der Waals surface area (Å²) in [5, 5.41) is 0. The quantitative estimate of drug-likeness (QED) is 0.386. The lowest BCUT2D eigenvalue weighted by atomic mass is 10.1. The maximum Gasteiger partial charge on any atom is 0.185 e. The van der Waals surface area contributed by atoms with E-state index in [2.05, 4.69) is 6.92 Å². The van der Waals surface area contributed by atoms with Crippen LogP contribution in [0.25, 0.3) is 0 Å². The Bertz CT molecular complexity index is 377. The number of allylic oxidation sites excluding steroid dienone is 2. The van der Waals surface area contributed by atoms with Gasteiger partial charge in [-0.2, -0.15) is 0 Å². The van der Waals surface area contributed by atoms with Crippen molar-refractivity contribution < 1.29 is 9.53 Å². The van der Waals surface area contributed by atoms with Gasteiger partial charge in [0.25, 0.3) is 0 Å². The van der Waals surface area contributed by atoms with Gasteiger partial charge in [0.15, 0.2) is 5.78 Å². The lowest BCUT2D eigenvalue weighted by Gasteiger charge is -2.00. The van der Waals surface area contributed by atoms with Crippen molar-refractivity contribution in [2.75, 3.05) is 7.11 Å². The summed E-state index contributed by atoms with van der Waals surface area (Å²) in [5.74, 6) is 0.836. The molecule has 0 aliphatic rings. The summed E-state index contributed by atoms with van der Waals surface area (Å²) in [6.45, 7) is 2.20. The van der Waals surface area contributed by atoms with Crippen molar-refractivity contribution in [2.45, 2.75) is 39.0 Å². The van der Waals surface area contributed by atoms with Gasteiger partial charge in [0.2, 0.25) is 0 Å². The topological polar surface area (TPSA) is 26.3 Å². The third kappa shape index (κ3) is 5.17. The maximum atomic E-state index is 11.8. The third-order valence-corrected chi connectivity index (χ3v) is 2.87. The number of carbonyl (C=O) groups is 1.